The lowest BCUT2D eigenvalue weighted by atomic mass is 9.80. The van der Waals surface area contributed by atoms with Gasteiger partial charge in [-0.3, -0.25) is 0 Å². The number of allylic oxidation sites excluding steroid dienone is 4. The molecule has 204 valence electrons. The largest absolute Gasteiger partial charge is 0.309 e. The predicted octanol–water partition coefficient (Wildman–Crippen LogP) is 10.7. The van der Waals surface area contributed by atoms with Crippen molar-refractivity contribution in [2.45, 2.75) is 45.4 Å². The van der Waals surface area contributed by atoms with Crippen LogP contribution in [-0.2, 0) is 11.8 Å². The van der Waals surface area contributed by atoms with Crippen LogP contribution >= 0.6 is 0 Å². The van der Waals surface area contributed by atoms with E-state index < -0.39 is 0 Å². The number of hydrogen-bond acceptors (Lipinski definition) is 0. The van der Waals surface area contributed by atoms with Crippen molar-refractivity contribution in [1.82, 2.24) is 4.57 Å². The summed E-state index contributed by atoms with van der Waals surface area (Å²) in [4.78, 5) is 0. The van der Waals surface area contributed by atoms with Crippen LogP contribution in [0.15, 0.2) is 127 Å². The summed E-state index contributed by atoms with van der Waals surface area (Å²) >= 11 is 0. The normalized spacial score (nSPS) is 15.4. The summed E-state index contributed by atoms with van der Waals surface area (Å²) in [7, 11) is 0. The monoisotopic (exact) mass is 541 g/mol. The van der Waals surface area contributed by atoms with Crippen molar-refractivity contribution in [3.05, 3.63) is 155 Å². The van der Waals surface area contributed by atoms with Crippen molar-refractivity contribution in [2.75, 3.05) is 0 Å². The second-order valence-corrected chi connectivity index (χ2v) is 12.6. The molecule has 0 saturated carbocycles. The smallest absolute Gasteiger partial charge is 0.0544 e. The van der Waals surface area contributed by atoms with E-state index in [0.717, 1.165) is 19.3 Å². The Morgan fingerprint density at radius 3 is 2.17 bits per heavy atom. The molecular weight excluding hydrogens is 506 g/mol. The molecule has 42 heavy (non-hydrogen) atoms. The summed E-state index contributed by atoms with van der Waals surface area (Å²) in [5.41, 5.74) is 16.4. The van der Waals surface area contributed by atoms with Gasteiger partial charge in [-0.2, -0.15) is 0 Å². The van der Waals surface area contributed by atoms with Gasteiger partial charge in [-0.25, -0.2) is 0 Å². The van der Waals surface area contributed by atoms with E-state index in [2.05, 4.69) is 147 Å². The number of aryl methyl sites for hydroxylation is 1. The lowest BCUT2D eigenvalue weighted by Crippen LogP contribution is -2.15. The van der Waals surface area contributed by atoms with Crippen molar-refractivity contribution in [3.8, 4) is 16.8 Å². The average Bonchev–Trinajstić information content (AvgIpc) is 3.45. The molecule has 2 aliphatic rings. The van der Waals surface area contributed by atoms with Crippen molar-refractivity contribution in [3.63, 3.8) is 0 Å². The molecule has 1 aromatic heterocycles. The third kappa shape index (κ3) is 3.77. The summed E-state index contributed by atoms with van der Waals surface area (Å²) in [5, 5.41) is 2.63. The molecule has 0 unspecified atom stereocenters. The number of aromatic nitrogens is 1. The number of hydrogen-bond donors (Lipinski definition) is 0. The molecule has 5 aromatic carbocycles. The first-order valence-electron chi connectivity index (χ1n) is 15.2. The van der Waals surface area contributed by atoms with Crippen LogP contribution in [-0.4, -0.2) is 4.57 Å². The van der Waals surface area contributed by atoms with Crippen LogP contribution in [0, 0.1) is 6.92 Å². The van der Waals surface area contributed by atoms with Gasteiger partial charge in [0.2, 0.25) is 0 Å². The topological polar surface area (TPSA) is 4.93 Å². The maximum absolute atomic E-state index is 2.51. The summed E-state index contributed by atoms with van der Waals surface area (Å²) in [6.45, 7) is 7.11. The van der Waals surface area contributed by atoms with Gasteiger partial charge in [-0.05, 0) is 107 Å². The first-order valence-corrected chi connectivity index (χ1v) is 15.2. The third-order valence-electron chi connectivity index (χ3n) is 9.66. The van der Waals surface area contributed by atoms with Crippen LogP contribution in [0.5, 0.6) is 0 Å². The van der Waals surface area contributed by atoms with E-state index in [9.17, 15) is 0 Å². The zero-order chi connectivity index (χ0) is 28.4. The summed E-state index contributed by atoms with van der Waals surface area (Å²) in [6, 6.07) is 40.5. The van der Waals surface area contributed by atoms with Crippen molar-refractivity contribution in [2.24, 2.45) is 0 Å². The molecule has 0 atom stereocenters. The molecule has 0 N–H and O–H groups in total. The van der Waals surface area contributed by atoms with Gasteiger partial charge in [0.25, 0.3) is 0 Å². The van der Waals surface area contributed by atoms with Crippen LogP contribution in [0.4, 0.5) is 0 Å². The second-order valence-electron chi connectivity index (χ2n) is 12.6. The van der Waals surface area contributed by atoms with Crippen LogP contribution in [0.2, 0.25) is 0 Å². The van der Waals surface area contributed by atoms with E-state index in [1.54, 1.807) is 5.57 Å². The van der Waals surface area contributed by atoms with E-state index in [1.165, 1.54) is 72.0 Å². The SMILES string of the molecule is Cc1cc2c(cc1C1=C(Cc3ccccc3)CCC=C1)-c1cc3c4ccccc4n(-c4ccccc4)c3cc1C2(C)C. The Morgan fingerprint density at radius 1 is 0.667 bits per heavy atom. The van der Waals surface area contributed by atoms with Crippen LogP contribution < -0.4 is 0 Å². The lowest BCUT2D eigenvalue weighted by molar-refractivity contribution is 0.660. The second kappa shape index (κ2) is 9.46. The number of para-hydroxylation sites is 2. The van der Waals surface area contributed by atoms with Crippen LogP contribution in [0.1, 0.15) is 54.5 Å². The summed E-state index contributed by atoms with van der Waals surface area (Å²) < 4.78 is 2.44. The Morgan fingerprint density at radius 2 is 1.36 bits per heavy atom. The van der Waals surface area contributed by atoms with Crippen molar-refractivity contribution < 1.29 is 0 Å². The molecule has 8 rings (SSSR count). The van der Waals surface area contributed by atoms with E-state index in [4.69, 9.17) is 0 Å². The van der Waals surface area contributed by atoms with Gasteiger partial charge in [0.05, 0.1) is 11.0 Å². The van der Waals surface area contributed by atoms with Crippen LogP contribution in [0.25, 0.3) is 44.2 Å². The molecular formula is C41H35N. The quantitative estimate of drug-likeness (QED) is 0.209. The lowest BCUT2D eigenvalue weighted by Gasteiger charge is -2.24. The third-order valence-corrected chi connectivity index (χ3v) is 9.66. The minimum absolute atomic E-state index is 0.0796. The minimum Gasteiger partial charge on any atom is -0.309 e. The van der Waals surface area contributed by atoms with Gasteiger partial charge >= 0.3 is 0 Å². The van der Waals surface area contributed by atoms with Crippen molar-refractivity contribution in [1.29, 1.82) is 0 Å². The first-order chi connectivity index (χ1) is 20.5. The van der Waals surface area contributed by atoms with E-state index in [1.807, 2.05) is 0 Å². The van der Waals surface area contributed by atoms with E-state index in [-0.39, 0.29) is 5.41 Å². The minimum atomic E-state index is -0.0796. The van der Waals surface area contributed by atoms with Crippen molar-refractivity contribution >= 4 is 27.4 Å². The number of rotatable bonds is 4. The van der Waals surface area contributed by atoms with Gasteiger partial charge in [0.1, 0.15) is 0 Å². The molecule has 0 aliphatic heterocycles. The Bertz CT molecular complexity index is 2070. The maximum Gasteiger partial charge on any atom is 0.0544 e. The highest BCUT2D eigenvalue weighted by Crippen LogP contribution is 2.52. The fraction of sp³-hybridized carbons (Fsp3) is 0.171. The molecule has 0 spiro atoms. The van der Waals surface area contributed by atoms with E-state index in [0.29, 0.717) is 0 Å². The fourth-order valence-electron chi connectivity index (χ4n) is 7.51. The molecule has 2 aliphatic carbocycles. The van der Waals surface area contributed by atoms with Gasteiger partial charge < -0.3 is 4.57 Å². The summed E-state index contributed by atoms with van der Waals surface area (Å²) in [6.07, 6.45) is 8.00. The van der Waals surface area contributed by atoms with Gasteiger partial charge in [0.15, 0.2) is 0 Å². The number of benzene rings is 5. The molecule has 0 radical (unpaired) electrons. The maximum atomic E-state index is 2.51. The summed E-state index contributed by atoms with van der Waals surface area (Å²) in [5.74, 6) is 0. The zero-order valence-electron chi connectivity index (χ0n) is 24.6. The van der Waals surface area contributed by atoms with E-state index >= 15 is 0 Å². The molecule has 1 heterocycles. The first kappa shape index (κ1) is 25.1. The molecule has 0 saturated heterocycles. The number of fused-ring (bicyclic) bond motifs is 6. The van der Waals surface area contributed by atoms with Gasteiger partial charge in [-0.15, -0.1) is 0 Å². The molecule has 1 nitrogen and oxygen atoms in total. The Labute approximate surface area is 248 Å². The molecule has 1 heteroatoms. The zero-order valence-corrected chi connectivity index (χ0v) is 24.6. The highest BCUT2D eigenvalue weighted by molar-refractivity contribution is 6.11. The molecule has 0 bridgehead atoms. The predicted molar refractivity (Wildman–Crippen MR) is 179 cm³/mol. The van der Waals surface area contributed by atoms with Gasteiger partial charge in [0, 0.05) is 21.9 Å². The molecule has 6 aromatic rings. The number of nitrogens with zero attached hydrogens (tertiary/aromatic N) is 1. The van der Waals surface area contributed by atoms with Crippen LogP contribution in [0.3, 0.4) is 0 Å². The Kier molecular flexibility index (Phi) is 5.66. The molecule has 0 amide bonds. The Balaban J connectivity index is 1.36. The average molecular weight is 542 g/mol. The Hall–Kier alpha value is -4.62. The standard InChI is InChI=1S/C41H35N/c1-27-22-37-34(24-33(27)31-19-11-10-16-29(31)23-28-14-6-4-7-15-28)35-25-36-32-20-12-13-21-39(32)42(30-17-8-5-9-18-30)40(36)26-38(35)41(37,2)3/h4-9,11-15,17-22,24-26H,10,16,23H2,1-3H3. The highest BCUT2D eigenvalue weighted by atomic mass is 15.0. The highest BCUT2D eigenvalue weighted by Gasteiger charge is 2.37. The van der Waals surface area contributed by atoms with Gasteiger partial charge in [-0.1, -0.05) is 104 Å². The molecule has 0 fully saturated rings. The fourth-order valence-corrected chi connectivity index (χ4v) is 7.51.